The Morgan fingerprint density at radius 3 is 2.50 bits per heavy atom. The van der Waals surface area contributed by atoms with Crippen LogP contribution in [0, 0.1) is 0 Å². The Balaban J connectivity index is 1.37. The molecule has 3 heterocycles. The molecule has 2 aromatic heterocycles. The highest BCUT2D eigenvalue weighted by Gasteiger charge is 2.22. The van der Waals surface area contributed by atoms with Gasteiger partial charge in [-0.1, -0.05) is 23.7 Å². The predicted molar refractivity (Wildman–Crippen MR) is 103 cm³/mol. The number of pyridine rings is 1. The summed E-state index contributed by atoms with van der Waals surface area (Å²) in [6.07, 6.45) is 5.57. The van der Waals surface area contributed by atoms with Gasteiger partial charge in [0.2, 0.25) is 0 Å². The van der Waals surface area contributed by atoms with E-state index in [0.717, 1.165) is 48.8 Å². The number of rotatable bonds is 4. The Bertz CT molecular complexity index is 849. The van der Waals surface area contributed by atoms with E-state index >= 15 is 0 Å². The molecule has 3 aromatic rings. The molecule has 0 radical (unpaired) electrons. The molecular formula is C20H19ClN4O. The molecule has 5 nitrogen and oxygen atoms in total. The normalized spacial score (nSPS) is 15.0. The van der Waals surface area contributed by atoms with Crippen LogP contribution in [-0.4, -0.2) is 34.4 Å². The van der Waals surface area contributed by atoms with Crippen molar-refractivity contribution in [2.75, 3.05) is 18.0 Å². The molecule has 6 heteroatoms. The molecule has 132 valence electrons. The summed E-state index contributed by atoms with van der Waals surface area (Å²) in [4.78, 5) is 6.36. The number of aromatic nitrogens is 3. The molecule has 0 atom stereocenters. The van der Waals surface area contributed by atoms with E-state index in [1.807, 2.05) is 48.5 Å². The maximum atomic E-state index is 6.18. The lowest BCUT2D eigenvalue weighted by atomic mass is 10.1. The van der Waals surface area contributed by atoms with Crippen LogP contribution < -0.4 is 9.64 Å². The van der Waals surface area contributed by atoms with Crippen molar-refractivity contribution >= 4 is 17.4 Å². The van der Waals surface area contributed by atoms with E-state index in [-0.39, 0.29) is 6.10 Å². The SMILES string of the molecule is Clc1ccccc1OC1CCN(c2ccc(-c3cccnc3)nn2)CC1. The van der Waals surface area contributed by atoms with Gasteiger partial charge in [-0.05, 0) is 36.4 Å². The number of nitrogens with zero attached hydrogens (tertiary/aromatic N) is 4. The van der Waals surface area contributed by atoms with Crippen LogP contribution in [0.25, 0.3) is 11.3 Å². The van der Waals surface area contributed by atoms with Crippen LogP contribution in [0.1, 0.15) is 12.8 Å². The largest absolute Gasteiger partial charge is 0.489 e. The molecule has 0 spiro atoms. The quantitative estimate of drug-likeness (QED) is 0.691. The molecule has 26 heavy (non-hydrogen) atoms. The molecule has 1 fully saturated rings. The lowest BCUT2D eigenvalue weighted by Crippen LogP contribution is -2.38. The zero-order chi connectivity index (χ0) is 17.8. The summed E-state index contributed by atoms with van der Waals surface area (Å²) in [6.45, 7) is 1.77. The van der Waals surface area contributed by atoms with Crippen molar-refractivity contribution in [3.63, 3.8) is 0 Å². The van der Waals surface area contributed by atoms with Gasteiger partial charge in [-0.15, -0.1) is 10.2 Å². The third-order valence-corrected chi connectivity index (χ3v) is 4.82. The van der Waals surface area contributed by atoms with Gasteiger partial charge in [-0.3, -0.25) is 4.98 Å². The van der Waals surface area contributed by atoms with Gasteiger partial charge in [0.1, 0.15) is 11.9 Å². The number of hydrogen-bond donors (Lipinski definition) is 0. The smallest absolute Gasteiger partial charge is 0.151 e. The molecule has 4 rings (SSSR count). The number of hydrogen-bond acceptors (Lipinski definition) is 5. The number of para-hydroxylation sites is 1. The first kappa shape index (κ1) is 16.8. The van der Waals surface area contributed by atoms with Crippen LogP contribution in [0.3, 0.4) is 0 Å². The second kappa shape index (κ2) is 7.70. The molecule has 0 unspecified atom stereocenters. The molecule has 1 aliphatic heterocycles. The van der Waals surface area contributed by atoms with Gasteiger partial charge >= 0.3 is 0 Å². The highest BCUT2D eigenvalue weighted by atomic mass is 35.5. The molecule has 0 bridgehead atoms. The Morgan fingerprint density at radius 1 is 0.962 bits per heavy atom. The maximum Gasteiger partial charge on any atom is 0.151 e. The van der Waals surface area contributed by atoms with Crippen molar-refractivity contribution in [3.8, 4) is 17.0 Å². The molecule has 1 aromatic carbocycles. The highest BCUT2D eigenvalue weighted by Crippen LogP contribution is 2.27. The zero-order valence-electron chi connectivity index (χ0n) is 14.3. The van der Waals surface area contributed by atoms with E-state index in [2.05, 4.69) is 20.1 Å². The fourth-order valence-electron chi connectivity index (χ4n) is 3.08. The Kier molecular flexibility index (Phi) is 4.97. The van der Waals surface area contributed by atoms with Crippen LogP contribution in [0.2, 0.25) is 5.02 Å². The molecular weight excluding hydrogens is 348 g/mol. The van der Waals surface area contributed by atoms with Crippen molar-refractivity contribution in [2.24, 2.45) is 0 Å². The second-order valence-corrected chi connectivity index (χ2v) is 6.66. The van der Waals surface area contributed by atoms with Gasteiger partial charge in [0.15, 0.2) is 5.82 Å². The van der Waals surface area contributed by atoms with Crippen molar-refractivity contribution < 1.29 is 4.74 Å². The summed E-state index contributed by atoms with van der Waals surface area (Å²) in [5, 5.41) is 9.39. The number of ether oxygens (including phenoxy) is 1. The second-order valence-electron chi connectivity index (χ2n) is 6.25. The zero-order valence-corrected chi connectivity index (χ0v) is 15.0. The minimum Gasteiger partial charge on any atom is -0.489 e. The summed E-state index contributed by atoms with van der Waals surface area (Å²) in [7, 11) is 0. The molecule has 1 saturated heterocycles. The summed E-state index contributed by atoms with van der Waals surface area (Å²) in [6, 6.07) is 15.5. The van der Waals surface area contributed by atoms with Gasteiger partial charge in [-0.25, -0.2) is 0 Å². The molecule has 0 aliphatic carbocycles. The van der Waals surface area contributed by atoms with E-state index in [4.69, 9.17) is 16.3 Å². The molecule has 0 N–H and O–H groups in total. The Morgan fingerprint density at radius 2 is 1.81 bits per heavy atom. The predicted octanol–water partition coefficient (Wildman–Crippen LogP) is 4.24. The average Bonchev–Trinajstić information content (AvgIpc) is 2.71. The maximum absolute atomic E-state index is 6.18. The number of piperidine rings is 1. The fourth-order valence-corrected chi connectivity index (χ4v) is 3.27. The lowest BCUT2D eigenvalue weighted by molar-refractivity contribution is 0.171. The van der Waals surface area contributed by atoms with Gasteiger partial charge in [0.25, 0.3) is 0 Å². The minimum absolute atomic E-state index is 0.175. The van der Waals surface area contributed by atoms with E-state index in [0.29, 0.717) is 5.02 Å². The van der Waals surface area contributed by atoms with Crippen molar-refractivity contribution in [1.82, 2.24) is 15.2 Å². The standard InChI is InChI=1S/C20H19ClN4O/c21-17-5-1-2-6-19(17)26-16-9-12-25(13-10-16)20-8-7-18(23-24-20)15-4-3-11-22-14-15/h1-8,11,14,16H,9-10,12-13H2. The monoisotopic (exact) mass is 366 g/mol. The topological polar surface area (TPSA) is 51.1 Å². The van der Waals surface area contributed by atoms with Crippen LogP contribution in [-0.2, 0) is 0 Å². The Hall–Kier alpha value is -2.66. The van der Waals surface area contributed by atoms with Gasteiger partial charge in [0, 0.05) is 43.9 Å². The first-order valence-electron chi connectivity index (χ1n) is 8.70. The van der Waals surface area contributed by atoms with Crippen molar-refractivity contribution in [2.45, 2.75) is 18.9 Å². The molecule has 0 amide bonds. The number of benzene rings is 1. The van der Waals surface area contributed by atoms with Gasteiger partial charge < -0.3 is 9.64 Å². The lowest BCUT2D eigenvalue weighted by Gasteiger charge is -2.32. The van der Waals surface area contributed by atoms with Gasteiger partial charge in [0.05, 0.1) is 10.7 Å². The van der Waals surface area contributed by atoms with Crippen LogP contribution in [0.15, 0.2) is 60.9 Å². The van der Waals surface area contributed by atoms with Crippen LogP contribution in [0.4, 0.5) is 5.82 Å². The summed E-state index contributed by atoms with van der Waals surface area (Å²) >= 11 is 6.18. The fraction of sp³-hybridized carbons (Fsp3) is 0.250. The summed E-state index contributed by atoms with van der Waals surface area (Å²) < 4.78 is 6.05. The third-order valence-electron chi connectivity index (χ3n) is 4.50. The van der Waals surface area contributed by atoms with Crippen LogP contribution >= 0.6 is 11.6 Å². The van der Waals surface area contributed by atoms with Crippen molar-refractivity contribution in [3.05, 3.63) is 65.9 Å². The summed E-state index contributed by atoms with van der Waals surface area (Å²) in [5.74, 6) is 1.65. The Labute approximate surface area is 157 Å². The number of anilines is 1. The van der Waals surface area contributed by atoms with Gasteiger partial charge in [-0.2, -0.15) is 0 Å². The highest BCUT2D eigenvalue weighted by molar-refractivity contribution is 6.32. The van der Waals surface area contributed by atoms with Crippen LogP contribution in [0.5, 0.6) is 5.75 Å². The molecule has 1 aliphatic rings. The van der Waals surface area contributed by atoms with E-state index in [1.54, 1.807) is 12.4 Å². The van der Waals surface area contributed by atoms with E-state index < -0.39 is 0 Å². The third kappa shape index (κ3) is 3.78. The average molecular weight is 367 g/mol. The molecule has 0 saturated carbocycles. The summed E-state index contributed by atoms with van der Waals surface area (Å²) in [5.41, 5.74) is 1.80. The van der Waals surface area contributed by atoms with E-state index in [1.165, 1.54) is 0 Å². The number of halogens is 1. The van der Waals surface area contributed by atoms with E-state index in [9.17, 15) is 0 Å². The minimum atomic E-state index is 0.175. The first-order valence-corrected chi connectivity index (χ1v) is 9.07. The first-order chi connectivity index (χ1) is 12.8. The van der Waals surface area contributed by atoms with Crippen molar-refractivity contribution in [1.29, 1.82) is 0 Å².